The summed E-state index contributed by atoms with van der Waals surface area (Å²) in [6, 6.07) is 14.4. The largest absolute Gasteiger partial charge is 0.452 e. The van der Waals surface area contributed by atoms with Crippen molar-refractivity contribution in [2.45, 2.75) is 20.8 Å². The first-order chi connectivity index (χ1) is 13.4. The van der Waals surface area contributed by atoms with E-state index in [0.29, 0.717) is 21.6 Å². The molecule has 2 heterocycles. The third-order valence-electron chi connectivity index (χ3n) is 4.28. The maximum atomic E-state index is 13.2. The zero-order valence-corrected chi connectivity index (χ0v) is 16.4. The van der Waals surface area contributed by atoms with Gasteiger partial charge in [0, 0.05) is 17.0 Å². The molecule has 0 N–H and O–H groups in total. The van der Waals surface area contributed by atoms with Gasteiger partial charge in [0.15, 0.2) is 5.76 Å². The van der Waals surface area contributed by atoms with Gasteiger partial charge in [0.1, 0.15) is 5.58 Å². The second kappa shape index (κ2) is 7.09. The van der Waals surface area contributed by atoms with Gasteiger partial charge >= 0.3 is 6.01 Å². The first-order valence-electron chi connectivity index (χ1n) is 8.75. The number of hydrogen-bond acceptors (Lipinski definition) is 5. The molecule has 0 aliphatic rings. The molecule has 0 radical (unpaired) electrons. The molecule has 0 atom stereocenters. The minimum Gasteiger partial charge on any atom is -0.452 e. The lowest BCUT2D eigenvalue weighted by atomic mass is 10.1. The summed E-state index contributed by atoms with van der Waals surface area (Å²) < 4.78 is 12.0. The summed E-state index contributed by atoms with van der Waals surface area (Å²) in [4.78, 5) is 21.8. The Morgan fingerprint density at radius 2 is 1.68 bits per heavy atom. The van der Waals surface area contributed by atoms with E-state index in [2.05, 4.69) is 9.97 Å². The molecule has 5 nitrogen and oxygen atoms in total. The van der Waals surface area contributed by atoms with Gasteiger partial charge in [-0.15, -0.1) is 0 Å². The van der Waals surface area contributed by atoms with Crippen LogP contribution in [0.3, 0.4) is 0 Å². The van der Waals surface area contributed by atoms with Gasteiger partial charge in [-0.1, -0.05) is 29.8 Å². The third kappa shape index (κ3) is 3.37. The number of ether oxygens (including phenoxy) is 1. The molecule has 4 rings (SSSR count). The first kappa shape index (κ1) is 18.2. The molecular weight excluding hydrogens is 376 g/mol. The van der Waals surface area contributed by atoms with Crippen LogP contribution in [0.25, 0.3) is 22.3 Å². The molecule has 0 spiro atoms. The van der Waals surface area contributed by atoms with E-state index < -0.39 is 0 Å². The second-order valence-electron chi connectivity index (χ2n) is 6.60. The van der Waals surface area contributed by atoms with Crippen molar-refractivity contribution in [1.82, 2.24) is 9.97 Å². The average Bonchev–Trinajstić information content (AvgIpc) is 2.63. The van der Waals surface area contributed by atoms with Gasteiger partial charge in [-0.3, -0.25) is 4.79 Å². The fourth-order valence-electron chi connectivity index (χ4n) is 3.03. The highest BCUT2D eigenvalue weighted by molar-refractivity contribution is 6.33. The summed E-state index contributed by atoms with van der Waals surface area (Å²) >= 11 is 6.37. The summed E-state index contributed by atoms with van der Waals surface area (Å²) in [5.41, 5.74) is 3.17. The smallest absolute Gasteiger partial charge is 0.322 e. The number of aryl methyl sites for hydroxylation is 3. The molecule has 4 aromatic rings. The first-order valence-corrected chi connectivity index (χ1v) is 9.12. The number of halogens is 1. The third-order valence-corrected chi connectivity index (χ3v) is 4.61. The Labute approximate surface area is 166 Å². The zero-order valence-electron chi connectivity index (χ0n) is 15.6. The molecule has 28 heavy (non-hydrogen) atoms. The molecule has 2 aromatic heterocycles. The van der Waals surface area contributed by atoms with Gasteiger partial charge in [-0.25, -0.2) is 9.97 Å². The Morgan fingerprint density at radius 3 is 2.39 bits per heavy atom. The predicted octanol–water partition coefficient (Wildman–Crippen LogP) is 5.62. The molecule has 0 saturated heterocycles. The van der Waals surface area contributed by atoms with E-state index in [-0.39, 0.29) is 22.9 Å². The second-order valence-corrected chi connectivity index (χ2v) is 7.01. The van der Waals surface area contributed by atoms with Crippen LogP contribution in [0.15, 0.2) is 57.7 Å². The van der Waals surface area contributed by atoms with Gasteiger partial charge < -0.3 is 9.15 Å². The Bertz CT molecular complexity index is 1240. The quantitative estimate of drug-likeness (QED) is 0.452. The Hall–Kier alpha value is -3.18. The van der Waals surface area contributed by atoms with E-state index in [9.17, 15) is 4.79 Å². The highest BCUT2D eigenvalue weighted by atomic mass is 35.5. The summed E-state index contributed by atoms with van der Waals surface area (Å²) in [7, 11) is 0. The molecule has 0 bridgehead atoms. The fourth-order valence-corrected chi connectivity index (χ4v) is 3.25. The van der Waals surface area contributed by atoms with Crippen LogP contribution in [0.5, 0.6) is 11.8 Å². The van der Waals surface area contributed by atoms with Crippen LogP contribution in [0.2, 0.25) is 5.02 Å². The van der Waals surface area contributed by atoms with Crippen LogP contribution in [-0.4, -0.2) is 9.97 Å². The fraction of sp³-hybridized carbons (Fsp3) is 0.136. The molecule has 0 aliphatic heterocycles. The van der Waals surface area contributed by atoms with Crippen molar-refractivity contribution >= 4 is 22.6 Å². The Balaban J connectivity index is 2.01. The molecule has 2 aromatic carbocycles. The van der Waals surface area contributed by atoms with Crippen LogP contribution >= 0.6 is 11.6 Å². The van der Waals surface area contributed by atoms with E-state index in [1.807, 2.05) is 51.1 Å². The van der Waals surface area contributed by atoms with Gasteiger partial charge in [0.05, 0.1) is 10.4 Å². The molecule has 0 unspecified atom stereocenters. The van der Waals surface area contributed by atoms with Crippen LogP contribution in [-0.2, 0) is 0 Å². The minimum absolute atomic E-state index is 0.00875. The summed E-state index contributed by atoms with van der Waals surface area (Å²) in [5, 5.41) is 0.865. The molecule has 6 heteroatoms. The number of benzene rings is 2. The normalized spacial score (nSPS) is 11.0. The van der Waals surface area contributed by atoms with E-state index in [0.717, 1.165) is 17.0 Å². The highest BCUT2D eigenvalue weighted by Crippen LogP contribution is 2.36. The van der Waals surface area contributed by atoms with Crippen molar-refractivity contribution in [2.75, 3.05) is 0 Å². The monoisotopic (exact) mass is 392 g/mol. The molecule has 0 saturated carbocycles. The standard InChI is InChI=1S/C22H17ClN2O3/c1-12-8-9-16-18(10-12)27-20(15-6-4-5-7-17(15)23)21(19(16)26)28-22-24-13(2)11-14(3)25-22/h4-11H,1-3H3. The minimum atomic E-state index is -0.307. The SMILES string of the molecule is Cc1ccc2c(=O)c(Oc3nc(C)cc(C)n3)c(-c3ccccc3Cl)oc2c1. The van der Waals surface area contributed by atoms with Crippen molar-refractivity contribution in [3.05, 3.63) is 80.7 Å². The van der Waals surface area contributed by atoms with E-state index in [1.54, 1.807) is 18.2 Å². The highest BCUT2D eigenvalue weighted by Gasteiger charge is 2.21. The van der Waals surface area contributed by atoms with Crippen molar-refractivity contribution in [3.8, 4) is 23.1 Å². The Kier molecular flexibility index (Phi) is 4.61. The van der Waals surface area contributed by atoms with Gasteiger partial charge in [-0.05, 0) is 56.7 Å². The average molecular weight is 393 g/mol. The van der Waals surface area contributed by atoms with Gasteiger partial charge in [0.2, 0.25) is 11.2 Å². The number of aromatic nitrogens is 2. The summed E-state index contributed by atoms with van der Waals surface area (Å²) in [6.07, 6.45) is 0. The molecule has 0 amide bonds. The van der Waals surface area contributed by atoms with Gasteiger partial charge in [0.25, 0.3) is 0 Å². The molecule has 0 fully saturated rings. The van der Waals surface area contributed by atoms with E-state index in [4.69, 9.17) is 20.8 Å². The number of rotatable bonds is 3. The summed E-state index contributed by atoms with van der Waals surface area (Å²) in [6.45, 7) is 5.60. The van der Waals surface area contributed by atoms with E-state index >= 15 is 0 Å². The molecular formula is C22H17ClN2O3. The van der Waals surface area contributed by atoms with Crippen LogP contribution in [0.4, 0.5) is 0 Å². The lowest BCUT2D eigenvalue weighted by molar-refractivity contribution is 0.421. The molecule has 0 aliphatic carbocycles. The number of hydrogen-bond donors (Lipinski definition) is 0. The van der Waals surface area contributed by atoms with Crippen LogP contribution < -0.4 is 10.2 Å². The number of nitrogens with zero attached hydrogens (tertiary/aromatic N) is 2. The predicted molar refractivity (Wildman–Crippen MR) is 109 cm³/mol. The van der Waals surface area contributed by atoms with Crippen LogP contribution in [0.1, 0.15) is 17.0 Å². The lowest BCUT2D eigenvalue weighted by Crippen LogP contribution is -2.09. The maximum Gasteiger partial charge on any atom is 0.322 e. The lowest BCUT2D eigenvalue weighted by Gasteiger charge is -2.12. The van der Waals surface area contributed by atoms with Crippen LogP contribution in [0, 0.1) is 20.8 Å². The van der Waals surface area contributed by atoms with Crippen molar-refractivity contribution < 1.29 is 9.15 Å². The van der Waals surface area contributed by atoms with Crippen molar-refractivity contribution in [3.63, 3.8) is 0 Å². The Morgan fingerprint density at radius 1 is 0.964 bits per heavy atom. The van der Waals surface area contributed by atoms with Gasteiger partial charge in [-0.2, -0.15) is 0 Å². The maximum absolute atomic E-state index is 13.2. The van der Waals surface area contributed by atoms with Crippen molar-refractivity contribution in [1.29, 1.82) is 0 Å². The van der Waals surface area contributed by atoms with Crippen molar-refractivity contribution in [2.24, 2.45) is 0 Å². The van der Waals surface area contributed by atoms with E-state index in [1.165, 1.54) is 0 Å². The molecule has 140 valence electrons. The zero-order chi connectivity index (χ0) is 19.8. The number of fused-ring (bicyclic) bond motifs is 1. The topological polar surface area (TPSA) is 65.2 Å². The summed E-state index contributed by atoms with van der Waals surface area (Å²) in [5.74, 6) is 0.255.